The number of carbonyl (C=O) groups is 1. The van der Waals surface area contributed by atoms with E-state index < -0.39 is 0 Å². The first-order valence-corrected chi connectivity index (χ1v) is 8.85. The third-order valence-corrected chi connectivity index (χ3v) is 4.30. The maximum Gasteiger partial charge on any atom is 0.274 e. The lowest BCUT2D eigenvalue weighted by Crippen LogP contribution is -2.15. The zero-order chi connectivity index (χ0) is 19.2. The predicted octanol–water partition coefficient (Wildman–Crippen LogP) is 4.74. The summed E-state index contributed by atoms with van der Waals surface area (Å²) in [4.78, 5) is 16.6. The van der Waals surface area contributed by atoms with E-state index in [9.17, 15) is 9.18 Å². The monoisotopic (exact) mass is 363 g/mol. The lowest BCUT2D eigenvalue weighted by molar-refractivity contribution is 0.102. The van der Waals surface area contributed by atoms with Crippen LogP contribution in [0.25, 0.3) is 0 Å². The molecule has 0 saturated heterocycles. The van der Waals surface area contributed by atoms with Gasteiger partial charge in [0.05, 0.1) is 0 Å². The summed E-state index contributed by atoms with van der Waals surface area (Å²) in [6, 6.07) is 16.1. The molecule has 0 bridgehead atoms. The van der Waals surface area contributed by atoms with Crippen molar-refractivity contribution >= 4 is 17.3 Å². The number of nitrogens with zero attached hydrogens (tertiary/aromatic N) is 1. The van der Waals surface area contributed by atoms with E-state index in [0.717, 1.165) is 22.5 Å². The molecule has 0 spiro atoms. The van der Waals surface area contributed by atoms with E-state index in [4.69, 9.17) is 0 Å². The van der Waals surface area contributed by atoms with Gasteiger partial charge >= 0.3 is 0 Å². The van der Waals surface area contributed by atoms with E-state index in [-0.39, 0.29) is 11.7 Å². The van der Waals surface area contributed by atoms with Crippen LogP contribution in [-0.2, 0) is 6.42 Å². The Morgan fingerprint density at radius 1 is 1.07 bits per heavy atom. The molecule has 138 valence electrons. The molecule has 0 unspecified atom stereocenters. The summed E-state index contributed by atoms with van der Waals surface area (Å²) in [5.74, 6) is -0.470. The van der Waals surface area contributed by atoms with Gasteiger partial charge in [-0.05, 0) is 55.7 Å². The number of pyridine rings is 1. The normalized spacial score (nSPS) is 10.5. The van der Waals surface area contributed by atoms with Crippen LogP contribution in [0.4, 0.5) is 15.8 Å². The van der Waals surface area contributed by atoms with Gasteiger partial charge in [0.25, 0.3) is 5.91 Å². The second kappa shape index (κ2) is 8.45. The highest BCUT2D eigenvalue weighted by Crippen LogP contribution is 2.17. The first-order valence-electron chi connectivity index (χ1n) is 8.85. The van der Waals surface area contributed by atoms with Crippen LogP contribution in [0, 0.1) is 19.7 Å². The predicted molar refractivity (Wildman–Crippen MR) is 107 cm³/mol. The molecule has 2 N–H and O–H groups in total. The lowest BCUT2D eigenvalue weighted by Gasteiger charge is -2.10. The van der Waals surface area contributed by atoms with E-state index in [0.29, 0.717) is 24.2 Å². The fourth-order valence-electron chi connectivity index (χ4n) is 2.85. The second-order valence-electron chi connectivity index (χ2n) is 6.47. The van der Waals surface area contributed by atoms with Crippen LogP contribution in [0.3, 0.4) is 0 Å². The molecule has 1 heterocycles. The maximum atomic E-state index is 13.7. The molecule has 4 nitrogen and oxygen atoms in total. The van der Waals surface area contributed by atoms with E-state index in [2.05, 4.69) is 15.6 Å². The summed E-state index contributed by atoms with van der Waals surface area (Å²) < 4.78 is 13.7. The minimum absolute atomic E-state index is 0.206. The lowest BCUT2D eigenvalue weighted by atomic mass is 10.1. The number of hydrogen-bond acceptors (Lipinski definition) is 3. The summed E-state index contributed by atoms with van der Waals surface area (Å²) >= 11 is 0. The number of anilines is 2. The van der Waals surface area contributed by atoms with Crippen LogP contribution in [0.15, 0.2) is 60.8 Å². The molecular weight excluding hydrogens is 341 g/mol. The first kappa shape index (κ1) is 18.6. The van der Waals surface area contributed by atoms with Crippen molar-refractivity contribution in [3.05, 3.63) is 89.0 Å². The van der Waals surface area contributed by atoms with E-state index >= 15 is 0 Å². The number of amides is 1. The molecule has 2 aromatic carbocycles. The number of rotatable bonds is 6. The molecule has 27 heavy (non-hydrogen) atoms. The zero-order valence-corrected chi connectivity index (χ0v) is 15.4. The quantitative estimate of drug-likeness (QED) is 0.665. The Balaban J connectivity index is 1.62. The molecule has 3 rings (SSSR count). The number of nitrogens with one attached hydrogen (secondary N) is 2. The highest BCUT2D eigenvalue weighted by molar-refractivity contribution is 6.03. The largest absolute Gasteiger partial charge is 0.385 e. The maximum absolute atomic E-state index is 13.7. The van der Waals surface area contributed by atoms with Gasteiger partial charge in [-0.3, -0.25) is 9.78 Å². The van der Waals surface area contributed by atoms with Gasteiger partial charge in [-0.15, -0.1) is 0 Å². The van der Waals surface area contributed by atoms with Crippen molar-refractivity contribution in [2.24, 2.45) is 0 Å². The Kier molecular flexibility index (Phi) is 5.81. The molecule has 0 saturated carbocycles. The summed E-state index contributed by atoms with van der Waals surface area (Å²) in [6.07, 6.45) is 2.14. The van der Waals surface area contributed by atoms with Gasteiger partial charge in [0.2, 0.25) is 0 Å². The minimum atomic E-state index is -0.264. The SMILES string of the molecule is Cc1ccc(NC(=O)c2cc(NCCc3ccccc3F)ccn2)c(C)c1. The molecule has 0 atom stereocenters. The number of hydrogen-bond donors (Lipinski definition) is 2. The summed E-state index contributed by atoms with van der Waals surface area (Å²) in [5, 5.41) is 6.10. The van der Waals surface area contributed by atoms with Crippen molar-refractivity contribution in [1.29, 1.82) is 0 Å². The Hall–Kier alpha value is -3.21. The fraction of sp³-hybridized carbons (Fsp3) is 0.182. The molecular formula is C22H22FN3O. The van der Waals surface area contributed by atoms with Crippen LogP contribution >= 0.6 is 0 Å². The van der Waals surface area contributed by atoms with Crippen LogP contribution in [-0.4, -0.2) is 17.4 Å². The molecule has 0 radical (unpaired) electrons. The summed E-state index contributed by atoms with van der Waals surface area (Å²) in [6.45, 7) is 4.52. The number of aromatic nitrogens is 1. The van der Waals surface area contributed by atoms with Crippen molar-refractivity contribution in [2.75, 3.05) is 17.2 Å². The van der Waals surface area contributed by atoms with Gasteiger partial charge < -0.3 is 10.6 Å². The fourth-order valence-corrected chi connectivity index (χ4v) is 2.85. The van der Waals surface area contributed by atoms with Crippen LogP contribution < -0.4 is 10.6 Å². The average molecular weight is 363 g/mol. The van der Waals surface area contributed by atoms with Crippen molar-refractivity contribution in [2.45, 2.75) is 20.3 Å². The average Bonchev–Trinajstić information content (AvgIpc) is 2.66. The number of carbonyl (C=O) groups excluding carboxylic acids is 1. The smallest absolute Gasteiger partial charge is 0.274 e. The van der Waals surface area contributed by atoms with Gasteiger partial charge in [0, 0.05) is 24.1 Å². The number of aryl methyl sites for hydroxylation is 2. The van der Waals surface area contributed by atoms with Crippen molar-refractivity contribution in [3.63, 3.8) is 0 Å². The van der Waals surface area contributed by atoms with Crippen molar-refractivity contribution < 1.29 is 9.18 Å². The van der Waals surface area contributed by atoms with E-state index in [1.807, 2.05) is 38.1 Å². The topological polar surface area (TPSA) is 54.0 Å². The third-order valence-electron chi connectivity index (χ3n) is 4.30. The molecule has 1 aromatic heterocycles. The second-order valence-corrected chi connectivity index (χ2v) is 6.47. The third kappa shape index (κ3) is 4.91. The molecule has 0 aliphatic heterocycles. The highest BCUT2D eigenvalue weighted by atomic mass is 19.1. The Morgan fingerprint density at radius 2 is 1.89 bits per heavy atom. The van der Waals surface area contributed by atoms with Crippen LogP contribution in [0.1, 0.15) is 27.2 Å². The molecule has 5 heteroatoms. The van der Waals surface area contributed by atoms with Gasteiger partial charge in [0.15, 0.2) is 0 Å². The molecule has 1 amide bonds. The molecule has 0 aliphatic rings. The van der Waals surface area contributed by atoms with Crippen LogP contribution in [0.5, 0.6) is 0 Å². The Labute approximate surface area is 158 Å². The number of halogens is 1. The van der Waals surface area contributed by atoms with E-state index in [1.165, 1.54) is 6.07 Å². The van der Waals surface area contributed by atoms with Crippen molar-refractivity contribution in [1.82, 2.24) is 4.98 Å². The minimum Gasteiger partial charge on any atom is -0.385 e. The standard InChI is InChI=1S/C22H22FN3O/c1-15-7-8-20(16(2)13-15)26-22(27)21-14-18(10-12-25-21)24-11-9-17-5-3-4-6-19(17)23/h3-8,10,12-14H,9,11H2,1-2H3,(H,24,25)(H,26,27). The molecule has 0 aliphatic carbocycles. The van der Waals surface area contributed by atoms with Gasteiger partial charge in [-0.25, -0.2) is 4.39 Å². The summed E-state index contributed by atoms with van der Waals surface area (Å²) in [7, 11) is 0. The first-order chi connectivity index (χ1) is 13.0. The van der Waals surface area contributed by atoms with Gasteiger partial charge in [-0.2, -0.15) is 0 Å². The molecule has 3 aromatic rings. The number of benzene rings is 2. The van der Waals surface area contributed by atoms with E-state index in [1.54, 1.807) is 30.5 Å². The zero-order valence-electron chi connectivity index (χ0n) is 15.4. The van der Waals surface area contributed by atoms with Gasteiger partial charge in [-0.1, -0.05) is 35.9 Å². The highest BCUT2D eigenvalue weighted by Gasteiger charge is 2.10. The van der Waals surface area contributed by atoms with Gasteiger partial charge in [0.1, 0.15) is 11.5 Å². The Morgan fingerprint density at radius 3 is 2.67 bits per heavy atom. The van der Waals surface area contributed by atoms with Crippen molar-refractivity contribution in [3.8, 4) is 0 Å². The Bertz CT molecular complexity index is 956. The molecule has 0 fully saturated rings. The summed E-state index contributed by atoms with van der Waals surface area (Å²) in [5.41, 5.74) is 4.67. The van der Waals surface area contributed by atoms with Crippen LogP contribution in [0.2, 0.25) is 0 Å².